The Morgan fingerprint density at radius 1 is 1.32 bits per heavy atom. The highest BCUT2D eigenvalue weighted by Crippen LogP contribution is 2.39. The summed E-state index contributed by atoms with van der Waals surface area (Å²) in [5.74, 6) is 0.912. The van der Waals surface area contributed by atoms with Crippen LogP contribution in [-0.4, -0.2) is 25.7 Å². The van der Waals surface area contributed by atoms with Crippen molar-refractivity contribution in [3.8, 4) is 0 Å². The highest BCUT2D eigenvalue weighted by molar-refractivity contribution is 7.18. The van der Waals surface area contributed by atoms with E-state index in [1.165, 1.54) is 11.3 Å². The van der Waals surface area contributed by atoms with E-state index in [0.717, 1.165) is 18.7 Å². The molecule has 1 amide bonds. The van der Waals surface area contributed by atoms with Gasteiger partial charge in [0.2, 0.25) is 9.97 Å². The molecule has 1 fully saturated rings. The Bertz CT molecular complexity index is 886. The Morgan fingerprint density at radius 2 is 2.14 bits per heavy atom. The van der Waals surface area contributed by atoms with Gasteiger partial charge in [-0.1, -0.05) is 34.5 Å². The molecule has 4 rings (SSSR count). The fourth-order valence-corrected chi connectivity index (χ4v) is 3.28. The summed E-state index contributed by atoms with van der Waals surface area (Å²) in [5, 5.41) is 16.4. The van der Waals surface area contributed by atoms with E-state index in [0.29, 0.717) is 31.6 Å². The van der Waals surface area contributed by atoms with Crippen LogP contribution >= 0.6 is 34.5 Å². The van der Waals surface area contributed by atoms with Crippen molar-refractivity contribution in [3.05, 3.63) is 39.1 Å². The average molecular weight is 354 g/mol. The van der Waals surface area contributed by atoms with Crippen LogP contribution in [0.5, 0.6) is 0 Å². The molecular weight excluding hydrogens is 345 g/mol. The van der Waals surface area contributed by atoms with E-state index < -0.39 is 0 Å². The molecule has 0 bridgehead atoms. The predicted octanol–water partition coefficient (Wildman–Crippen LogP) is 3.62. The molecule has 1 saturated carbocycles. The molecule has 3 aromatic rings. The molecule has 0 saturated heterocycles. The molecule has 2 aromatic heterocycles. The number of anilines is 1. The third-order valence-electron chi connectivity index (χ3n) is 3.33. The van der Waals surface area contributed by atoms with E-state index in [1.807, 2.05) is 0 Å². The fraction of sp³-hybridized carbons (Fsp3) is 0.231. The van der Waals surface area contributed by atoms with Gasteiger partial charge >= 0.3 is 0 Å². The monoisotopic (exact) mass is 353 g/mol. The maximum atomic E-state index is 12.3. The van der Waals surface area contributed by atoms with E-state index in [9.17, 15) is 4.79 Å². The lowest BCUT2D eigenvalue weighted by molar-refractivity contribution is 0.102. The lowest BCUT2D eigenvalue weighted by Crippen LogP contribution is -2.12. The van der Waals surface area contributed by atoms with E-state index in [-0.39, 0.29) is 5.91 Å². The van der Waals surface area contributed by atoms with Crippen LogP contribution in [0.3, 0.4) is 0 Å². The summed E-state index contributed by atoms with van der Waals surface area (Å²) in [4.78, 5) is 12.9. The first-order valence-corrected chi connectivity index (χ1v) is 8.17. The van der Waals surface area contributed by atoms with Crippen LogP contribution < -0.4 is 5.32 Å². The van der Waals surface area contributed by atoms with Crippen LogP contribution in [0.2, 0.25) is 10.0 Å². The number of hydrogen-bond acceptors (Lipinski definition) is 5. The molecule has 0 aliphatic heterocycles. The highest BCUT2D eigenvalue weighted by Gasteiger charge is 2.30. The molecule has 22 heavy (non-hydrogen) atoms. The van der Waals surface area contributed by atoms with Gasteiger partial charge in [-0.25, -0.2) is 0 Å². The van der Waals surface area contributed by atoms with Crippen molar-refractivity contribution in [1.82, 2.24) is 19.8 Å². The van der Waals surface area contributed by atoms with Crippen LogP contribution in [0.4, 0.5) is 5.69 Å². The number of benzene rings is 1. The van der Waals surface area contributed by atoms with E-state index in [2.05, 4.69) is 20.6 Å². The maximum Gasteiger partial charge on any atom is 0.286 e. The second-order valence-corrected chi connectivity index (χ2v) is 6.81. The lowest BCUT2D eigenvalue weighted by Gasteiger charge is -2.05. The van der Waals surface area contributed by atoms with Crippen LogP contribution in [0.15, 0.2) is 18.2 Å². The zero-order valence-electron chi connectivity index (χ0n) is 11.1. The second-order valence-electron chi connectivity index (χ2n) is 5.01. The van der Waals surface area contributed by atoms with Crippen LogP contribution in [0, 0.1) is 0 Å². The summed E-state index contributed by atoms with van der Waals surface area (Å²) < 4.78 is 1.65. The molecule has 2 heterocycles. The number of nitrogens with zero attached hydrogens (tertiary/aromatic N) is 4. The van der Waals surface area contributed by atoms with Gasteiger partial charge in [0.15, 0.2) is 5.82 Å². The first-order valence-electron chi connectivity index (χ1n) is 6.60. The number of halogens is 2. The molecule has 0 atom stereocenters. The van der Waals surface area contributed by atoms with Gasteiger partial charge in [0.1, 0.15) is 0 Å². The Morgan fingerprint density at radius 3 is 2.86 bits per heavy atom. The molecule has 0 radical (unpaired) electrons. The van der Waals surface area contributed by atoms with Gasteiger partial charge < -0.3 is 5.32 Å². The fourth-order valence-electron chi connectivity index (χ4n) is 2.09. The van der Waals surface area contributed by atoms with Gasteiger partial charge in [0.05, 0.1) is 10.7 Å². The molecule has 1 N–H and O–H groups in total. The number of hydrogen-bond donors (Lipinski definition) is 1. The molecule has 1 aliphatic carbocycles. The Hall–Kier alpha value is -1.70. The van der Waals surface area contributed by atoms with Gasteiger partial charge in [-0.3, -0.25) is 4.79 Å². The smallest absolute Gasteiger partial charge is 0.286 e. The van der Waals surface area contributed by atoms with Crippen molar-refractivity contribution in [2.45, 2.75) is 18.8 Å². The summed E-state index contributed by atoms with van der Waals surface area (Å²) in [7, 11) is 0. The minimum atomic E-state index is -0.332. The van der Waals surface area contributed by atoms with E-state index >= 15 is 0 Å². The molecule has 6 nitrogen and oxygen atoms in total. The third-order valence-corrected chi connectivity index (χ3v) is 4.78. The number of rotatable bonds is 3. The average Bonchev–Trinajstić information content (AvgIpc) is 3.10. The second kappa shape index (κ2) is 5.19. The number of carbonyl (C=O) groups excluding carboxylic acids is 1. The SMILES string of the molecule is O=C(Nc1ccc(Cl)cc1Cl)c1nn2c(C3CC3)nnc2s1. The molecule has 112 valence electrons. The van der Waals surface area contributed by atoms with Crippen molar-refractivity contribution in [2.75, 3.05) is 5.32 Å². The van der Waals surface area contributed by atoms with Crippen LogP contribution in [-0.2, 0) is 0 Å². The van der Waals surface area contributed by atoms with Crippen molar-refractivity contribution in [1.29, 1.82) is 0 Å². The molecule has 1 aliphatic rings. The number of amides is 1. The first-order chi connectivity index (χ1) is 10.6. The van der Waals surface area contributed by atoms with Gasteiger partial charge in [-0.05, 0) is 31.0 Å². The molecule has 0 spiro atoms. The summed E-state index contributed by atoms with van der Waals surface area (Å²) in [6.45, 7) is 0. The zero-order valence-corrected chi connectivity index (χ0v) is 13.4. The first kappa shape index (κ1) is 13.9. The standard InChI is InChI=1S/C13H9Cl2N5OS/c14-7-3-4-9(8(15)5-7)16-11(21)12-19-20-10(6-1-2-6)17-18-13(20)22-12/h3-6H,1-2H2,(H,16,21). The molecular formula is C13H9Cl2N5OS. The van der Waals surface area contributed by atoms with Crippen molar-refractivity contribution in [3.63, 3.8) is 0 Å². The van der Waals surface area contributed by atoms with Gasteiger partial charge in [-0.15, -0.1) is 15.3 Å². The van der Waals surface area contributed by atoms with Crippen LogP contribution in [0.25, 0.3) is 4.96 Å². The molecule has 1 aromatic carbocycles. The predicted molar refractivity (Wildman–Crippen MR) is 85.0 cm³/mol. The summed E-state index contributed by atoms with van der Waals surface area (Å²) in [6, 6.07) is 4.88. The summed E-state index contributed by atoms with van der Waals surface area (Å²) >= 11 is 13.1. The van der Waals surface area contributed by atoms with Gasteiger partial charge in [-0.2, -0.15) is 4.52 Å². The summed E-state index contributed by atoms with van der Waals surface area (Å²) in [5.41, 5.74) is 0.490. The van der Waals surface area contributed by atoms with Crippen LogP contribution in [0.1, 0.15) is 34.4 Å². The van der Waals surface area contributed by atoms with E-state index in [1.54, 1.807) is 22.7 Å². The largest absolute Gasteiger partial charge is 0.318 e. The molecule has 0 unspecified atom stereocenters. The van der Waals surface area contributed by atoms with Crippen molar-refractivity contribution < 1.29 is 4.79 Å². The number of fused-ring (bicyclic) bond motifs is 1. The van der Waals surface area contributed by atoms with Crippen molar-refractivity contribution >= 4 is 51.1 Å². The quantitative estimate of drug-likeness (QED) is 0.780. The normalized spacial score (nSPS) is 14.5. The maximum absolute atomic E-state index is 12.3. The lowest BCUT2D eigenvalue weighted by atomic mass is 10.3. The molecule has 9 heteroatoms. The van der Waals surface area contributed by atoms with E-state index in [4.69, 9.17) is 23.2 Å². The topological polar surface area (TPSA) is 72.2 Å². The van der Waals surface area contributed by atoms with Gasteiger partial charge in [0, 0.05) is 10.9 Å². The minimum absolute atomic E-state index is 0.317. The Labute approximate surface area is 139 Å². The van der Waals surface area contributed by atoms with Gasteiger partial charge in [0.25, 0.3) is 5.91 Å². The summed E-state index contributed by atoms with van der Waals surface area (Å²) in [6.07, 6.45) is 2.19. The Kier molecular flexibility index (Phi) is 3.28. The number of carbonyl (C=O) groups is 1. The Balaban J connectivity index is 1.62. The van der Waals surface area contributed by atoms with Crippen molar-refractivity contribution in [2.24, 2.45) is 0 Å². The minimum Gasteiger partial charge on any atom is -0.318 e. The number of aromatic nitrogens is 4. The highest BCUT2D eigenvalue weighted by atomic mass is 35.5. The zero-order chi connectivity index (χ0) is 15.3. The number of nitrogens with one attached hydrogen (secondary N) is 1. The third kappa shape index (κ3) is 2.45.